The molecular weight excluding hydrogens is 468 g/mol. The van der Waals surface area contributed by atoms with Crippen LogP contribution in [0.3, 0.4) is 0 Å². The number of nitrogens with zero attached hydrogens (tertiary/aromatic N) is 5. The summed E-state index contributed by atoms with van der Waals surface area (Å²) in [5, 5.41) is 7.43. The van der Waals surface area contributed by atoms with E-state index in [9.17, 15) is 22.4 Å². The second-order valence-electron chi connectivity index (χ2n) is 7.72. The molecule has 0 aliphatic heterocycles. The van der Waals surface area contributed by atoms with Gasteiger partial charge in [-0.25, -0.2) is 13.9 Å². The Balaban J connectivity index is 1.59. The molecule has 0 spiro atoms. The number of fused-ring (bicyclic) bond motifs is 1. The number of imidazole rings is 1. The van der Waals surface area contributed by atoms with Crippen LogP contribution in [0.4, 0.5) is 23.4 Å². The summed E-state index contributed by atoms with van der Waals surface area (Å²) < 4.78 is 57.2. The van der Waals surface area contributed by atoms with Crippen molar-refractivity contribution in [3.8, 4) is 17.0 Å². The number of alkyl halides is 3. The zero-order chi connectivity index (χ0) is 25.3. The second-order valence-corrected chi connectivity index (χ2v) is 7.72. The molecule has 0 radical (unpaired) electrons. The second kappa shape index (κ2) is 9.20. The van der Waals surface area contributed by atoms with Gasteiger partial charge < -0.3 is 15.0 Å². The van der Waals surface area contributed by atoms with Crippen LogP contribution in [0, 0.1) is 12.7 Å². The molecule has 4 rings (SSSR count). The Morgan fingerprint density at radius 3 is 2.69 bits per heavy atom. The lowest BCUT2D eigenvalue weighted by molar-refractivity contribution is -0.274. The summed E-state index contributed by atoms with van der Waals surface area (Å²) in [7, 11) is 3.16. The number of benzene rings is 1. The molecule has 8 nitrogen and oxygen atoms in total. The highest BCUT2D eigenvalue weighted by Crippen LogP contribution is 2.26. The summed E-state index contributed by atoms with van der Waals surface area (Å²) >= 11 is 0. The number of carbonyl (C=O) groups excluding carboxylic acids is 1. The molecule has 4 aromatic rings. The lowest BCUT2D eigenvalue weighted by Crippen LogP contribution is -2.27. The topological polar surface area (TPSA) is 84.7 Å². The van der Waals surface area contributed by atoms with Gasteiger partial charge in [0, 0.05) is 38.0 Å². The number of amides is 1. The molecule has 0 fully saturated rings. The Morgan fingerprint density at radius 2 is 1.97 bits per heavy atom. The quantitative estimate of drug-likeness (QED) is 0.404. The number of rotatable bonds is 6. The first kappa shape index (κ1) is 23.9. The van der Waals surface area contributed by atoms with Crippen LogP contribution in [-0.4, -0.2) is 50.8 Å². The van der Waals surface area contributed by atoms with Gasteiger partial charge in [-0.2, -0.15) is 5.10 Å². The van der Waals surface area contributed by atoms with Gasteiger partial charge in [-0.15, -0.1) is 13.2 Å². The Kier molecular flexibility index (Phi) is 6.29. The minimum Gasteiger partial charge on any atom is -0.406 e. The first-order valence-corrected chi connectivity index (χ1v) is 10.3. The molecule has 3 aromatic heterocycles. The van der Waals surface area contributed by atoms with Gasteiger partial charge in [-0.3, -0.25) is 9.78 Å². The molecule has 0 bridgehead atoms. The number of nitrogens with one attached hydrogen (secondary N) is 1. The third-order valence-corrected chi connectivity index (χ3v) is 5.19. The van der Waals surface area contributed by atoms with Crippen LogP contribution in [0.15, 0.2) is 48.8 Å². The smallest absolute Gasteiger partial charge is 0.406 e. The number of carbonyl (C=O) groups is 1. The fourth-order valence-electron chi connectivity index (χ4n) is 3.45. The van der Waals surface area contributed by atoms with Crippen LogP contribution in [0.25, 0.3) is 16.9 Å². The van der Waals surface area contributed by atoms with Crippen LogP contribution in [0.2, 0.25) is 0 Å². The molecule has 1 aromatic carbocycles. The largest absolute Gasteiger partial charge is 0.573 e. The Bertz CT molecular complexity index is 1400. The molecule has 0 aliphatic carbocycles. The van der Waals surface area contributed by atoms with E-state index in [0.29, 0.717) is 28.4 Å². The van der Waals surface area contributed by atoms with E-state index in [4.69, 9.17) is 0 Å². The summed E-state index contributed by atoms with van der Waals surface area (Å²) in [6, 6.07) is 7.78. The summed E-state index contributed by atoms with van der Waals surface area (Å²) in [6.07, 6.45) is -1.62. The summed E-state index contributed by atoms with van der Waals surface area (Å²) in [4.78, 5) is 23.0. The summed E-state index contributed by atoms with van der Waals surface area (Å²) in [6.45, 7) is 1.37. The van der Waals surface area contributed by atoms with Crippen LogP contribution in [0.1, 0.15) is 21.6 Å². The van der Waals surface area contributed by atoms with Crippen molar-refractivity contribution in [1.29, 1.82) is 0 Å². The maximum absolute atomic E-state index is 14.2. The van der Waals surface area contributed by atoms with Crippen molar-refractivity contribution in [3.05, 3.63) is 71.4 Å². The molecule has 0 saturated heterocycles. The van der Waals surface area contributed by atoms with E-state index >= 15 is 0 Å². The fourth-order valence-corrected chi connectivity index (χ4v) is 3.45. The van der Waals surface area contributed by atoms with Crippen molar-refractivity contribution >= 4 is 17.4 Å². The van der Waals surface area contributed by atoms with E-state index in [2.05, 4.69) is 25.1 Å². The molecule has 3 heterocycles. The molecule has 12 heteroatoms. The highest BCUT2D eigenvalue weighted by molar-refractivity contribution is 5.96. The van der Waals surface area contributed by atoms with Gasteiger partial charge >= 0.3 is 6.36 Å². The standard InChI is InChI=1S/C23H20F4N6O2/c1-13-17(9-14(10-29-13)19-6-7-21-30-20(28-2)12-33(21)31-19)22(34)32(3)11-15-8-16(4-5-18(15)24)35-23(25,26)27/h4-10,12,28H,11H2,1-3H3. The Labute approximate surface area is 197 Å². The molecule has 1 N–H and O–H groups in total. The minimum atomic E-state index is -4.91. The monoisotopic (exact) mass is 488 g/mol. The number of hydrogen-bond acceptors (Lipinski definition) is 6. The van der Waals surface area contributed by atoms with Crippen molar-refractivity contribution in [2.45, 2.75) is 19.8 Å². The average molecular weight is 488 g/mol. The van der Waals surface area contributed by atoms with E-state index < -0.39 is 23.8 Å². The molecule has 0 atom stereocenters. The maximum atomic E-state index is 14.2. The molecule has 0 aliphatic rings. The van der Waals surface area contributed by atoms with Gasteiger partial charge in [0.05, 0.1) is 23.1 Å². The number of aromatic nitrogens is 4. The molecule has 0 saturated carbocycles. The van der Waals surface area contributed by atoms with Crippen LogP contribution in [-0.2, 0) is 6.54 Å². The number of anilines is 1. The van der Waals surface area contributed by atoms with Crippen molar-refractivity contribution in [3.63, 3.8) is 0 Å². The van der Waals surface area contributed by atoms with E-state index in [1.165, 1.54) is 11.9 Å². The lowest BCUT2D eigenvalue weighted by atomic mass is 10.1. The molecule has 0 unspecified atom stereocenters. The number of aryl methyl sites for hydroxylation is 1. The SMILES string of the molecule is CNc1cn2nc(-c3cnc(C)c(C(=O)N(C)Cc4cc(OC(F)(F)F)ccc4F)c3)ccc2n1. The van der Waals surface area contributed by atoms with Crippen molar-refractivity contribution in [2.24, 2.45) is 0 Å². The Morgan fingerprint density at radius 1 is 1.20 bits per heavy atom. The van der Waals surface area contributed by atoms with E-state index in [0.717, 1.165) is 18.2 Å². The highest BCUT2D eigenvalue weighted by atomic mass is 19.4. The normalized spacial score (nSPS) is 11.5. The first-order valence-electron chi connectivity index (χ1n) is 10.3. The van der Waals surface area contributed by atoms with Gasteiger partial charge in [0.1, 0.15) is 17.4 Å². The van der Waals surface area contributed by atoms with Gasteiger partial charge in [0.25, 0.3) is 5.91 Å². The predicted octanol–water partition coefficient (Wildman–Crippen LogP) is 4.45. The molecule has 35 heavy (non-hydrogen) atoms. The molecule has 1 amide bonds. The van der Waals surface area contributed by atoms with E-state index in [1.807, 2.05) is 0 Å². The van der Waals surface area contributed by atoms with Gasteiger partial charge in [-0.1, -0.05) is 0 Å². The van der Waals surface area contributed by atoms with Gasteiger partial charge in [0.15, 0.2) is 5.65 Å². The summed E-state index contributed by atoms with van der Waals surface area (Å²) in [5.74, 6) is -1.18. The number of hydrogen-bond donors (Lipinski definition) is 1. The highest BCUT2D eigenvalue weighted by Gasteiger charge is 2.31. The maximum Gasteiger partial charge on any atom is 0.573 e. The Hall–Kier alpha value is -4.22. The van der Waals surface area contributed by atoms with Gasteiger partial charge in [0.2, 0.25) is 0 Å². The number of ether oxygens (including phenoxy) is 1. The third kappa shape index (κ3) is 5.31. The zero-order valence-corrected chi connectivity index (χ0v) is 18.9. The summed E-state index contributed by atoms with van der Waals surface area (Å²) in [5.41, 5.74) is 2.30. The number of halogens is 4. The fraction of sp³-hybridized carbons (Fsp3) is 0.217. The van der Waals surface area contributed by atoms with Crippen LogP contribution < -0.4 is 10.1 Å². The van der Waals surface area contributed by atoms with Crippen molar-refractivity contribution < 1.29 is 27.1 Å². The third-order valence-electron chi connectivity index (χ3n) is 5.19. The average Bonchev–Trinajstić information content (AvgIpc) is 3.22. The van der Waals surface area contributed by atoms with Crippen LogP contribution in [0.5, 0.6) is 5.75 Å². The van der Waals surface area contributed by atoms with Gasteiger partial charge in [-0.05, 0) is 43.3 Å². The van der Waals surface area contributed by atoms with E-state index in [1.54, 1.807) is 49.1 Å². The minimum absolute atomic E-state index is 0.128. The van der Waals surface area contributed by atoms with Crippen molar-refractivity contribution in [1.82, 2.24) is 24.5 Å². The zero-order valence-electron chi connectivity index (χ0n) is 18.9. The number of pyridine rings is 1. The van der Waals surface area contributed by atoms with Crippen molar-refractivity contribution in [2.75, 3.05) is 19.4 Å². The van der Waals surface area contributed by atoms with Crippen LogP contribution >= 0.6 is 0 Å². The molecule has 182 valence electrons. The molecular formula is C23H20F4N6O2. The predicted molar refractivity (Wildman–Crippen MR) is 119 cm³/mol. The lowest BCUT2D eigenvalue weighted by Gasteiger charge is -2.20. The first-order chi connectivity index (χ1) is 16.5. The van der Waals surface area contributed by atoms with E-state index in [-0.39, 0.29) is 17.7 Å².